The van der Waals surface area contributed by atoms with Gasteiger partial charge in [-0.2, -0.15) is 5.26 Å². The van der Waals surface area contributed by atoms with Gasteiger partial charge in [-0.1, -0.05) is 19.9 Å². The molecule has 1 aromatic rings. The Balaban J connectivity index is 2.78. The van der Waals surface area contributed by atoms with Gasteiger partial charge in [0.15, 0.2) is 0 Å². The third-order valence-corrected chi connectivity index (χ3v) is 3.71. The van der Waals surface area contributed by atoms with Gasteiger partial charge >= 0.3 is 0 Å². The van der Waals surface area contributed by atoms with Crippen LogP contribution in [-0.2, 0) is 9.59 Å². The highest BCUT2D eigenvalue weighted by atomic mass is 16.2. The van der Waals surface area contributed by atoms with Gasteiger partial charge in [0.25, 0.3) is 0 Å². The average molecular weight is 316 g/mol. The quantitative estimate of drug-likeness (QED) is 0.751. The van der Waals surface area contributed by atoms with Crippen molar-refractivity contribution in [3.8, 4) is 6.07 Å². The summed E-state index contributed by atoms with van der Waals surface area (Å²) >= 11 is 0. The Morgan fingerprint density at radius 1 is 1.30 bits per heavy atom. The molecule has 0 unspecified atom stereocenters. The zero-order valence-corrected chi connectivity index (χ0v) is 14.3. The van der Waals surface area contributed by atoms with E-state index in [0.29, 0.717) is 11.4 Å². The molecule has 6 nitrogen and oxygen atoms in total. The van der Waals surface area contributed by atoms with Crippen molar-refractivity contribution in [3.05, 3.63) is 23.8 Å². The number of nitrogens with zero attached hydrogens (tertiary/aromatic N) is 1. The first-order chi connectivity index (χ1) is 10.7. The molecular weight excluding hydrogens is 292 g/mol. The van der Waals surface area contributed by atoms with Crippen molar-refractivity contribution >= 4 is 23.2 Å². The molecule has 3 N–H and O–H groups in total. The lowest BCUT2D eigenvalue weighted by atomic mass is 9.90. The van der Waals surface area contributed by atoms with E-state index in [1.54, 1.807) is 13.0 Å². The third kappa shape index (κ3) is 5.29. The van der Waals surface area contributed by atoms with Crippen LogP contribution >= 0.6 is 0 Å². The molecule has 0 aliphatic rings. The fraction of sp³-hybridized carbons (Fsp3) is 0.471. The molecule has 0 saturated carbocycles. The molecule has 0 heterocycles. The van der Waals surface area contributed by atoms with Gasteiger partial charge in [-0.3, -0.25) is 9.59 Å². The number of rotatable bonds is 6. The molecule has 124 valence electrons. The van der Waals surface area contributed by atoms with E-state index >= 15 is 0 Å². The molecule has 0 spiro atoms. The summed E-state index contributed by atoms with van der Waals surface area (Å²) in [4.78, 5) is 23.3. The minimum absolute atomic E-state index is 0.00893. The Bertz CT molecular complexity index is 634. The summed E-state index contributed by atoms with van der Waals surface area (Å²) in [6.07, 6.45) is 0. The molecule has 0 aliphatic heterocycles. The highest BCUT2D eigenvalue weighted by molar-refractivity contribution is 5.93. The van der Waals surface area contributed by atoms with Crippen LogP contribution in [0, 0.1) is 24.2 Å². The number of anilines is 2. The summed E-state index contributed by atoms with van der Waals surface area (Å²) in [5.41, 5.74) is 1.37. The molecule has 0 aliphatic carbocycles. The highest BCUT2D eigenvalue weighted by Gasteiger charge is 2.29. The van der Waals surface area contributed by atoms with Crippen LogP contribution in [-0.4, -0.2) is 23.9 Å². The number of hydrogen-bond acceptors (Lipinski definition) is 4. The Kier molecular flexibility index (Phi) is 6.14. The number of benzene rings is 1. The van der Waals surface area contributed by atoms with Crippen molar-refractivity contribution in [3.63, 3.8) is 0 Å². The third-order valence-electron chi connectivity index (χ3n) is 3.71. The lowest BCUT2D eigenvalue weighted by Crippen LogP contribution is -2.50. The normalized spacial score (nSPS) is 12.9. The van der Waals surface area contributed by atoms with E-state index in [2.05, 4.69) is 22.0 Å². The van der Waals surface area contributed by atoms with Crippen LogP contribution in [0.5, 0.6) is 0 Å². The van der Waals surface area contributed by atoms with Crippen molar-refractivity contribution in [1.82, 2.24) is 5.32 Å². The SMILES string of the molecule is CC(=O)Nc1ccc(C)cc1NCC(=O)N[C@@](C)(C#N)C(C)C. The maximum atomic E-state index is 12.1. The van der Waals surface area contributed by atoms with Crippen LogP contribution in [0.25, 0.3) is 0 Å². The lowest BCUT2D eigenvalue weighted by molar-refractivity contribution is -0.121. The van der Waals surface area contributed by atoms with Gasteiger partial charge in [0.2, 0.25) is 11.8 Å². The molecular formula is C17H24N4O2. The minimum atomic E-state index is -0.911. The maximum Gasteiger partial charge on any atom is 0.240 e. The minimum Gasteiger partial charge on any atom is -0.374 e. The highest BCUT2D eigenvalue weighted by Crippen LogP contribution is 2.23. The van der Waals surface area contributed by atoms with Crippen LogP contribution in [0.2, 0.25) is 0 Å². The van der Waals surface area contributed by atoms with Gasteiger partial charge in [-0.25, -0.2) is 0 Å². The van der Waals surface area contributed by atoms with E-state index in [0.717, 1.165) is 5.56 Å². The zero-order chi connectivity index (χ0) is 17.6. The molecule has 0 fully saturated rings. The molecule has 1 rings (SSSR count). The molecule has 23 heavy (non-hydrogen) atoms. The molecule has 0 aromatic heterocycles. The molecule has 6 heteroatoms. The van der Waals surface area contributed by atoms with Crippen LogP contribution in [0.15, 0.2) is 18.2 Å². The van der Waals surface area contributed by atoms with E-state index in [4.69, 9.17) is 0 Å². The zero-order valence-electron chi connectivity index (χ0n) is 14.3. The second-order valence-electron chi connectivity index (χ2n) is 6.10. The average Bonchev–Trinajstić information content (AvgIpc) is 2.46. The van der Waals surface area contributed by atoms with E-state index < -0.39 is 5.54 Å². The van der Waals surface area contributed by atoms with Crippen LogP contribution in [0.1, 0.15) is 33.3 Å². The monoisotopic (exact) mass is 316 g/mol. The fourth-order valence-electron chi connectivity index (χ4n) is 1.91. The molecule has 1 aromatic carbocycles. The fourth-order valence-corrected chi connectivity index (χ4v) is 1.91. The largest absolute Gasteiger partial charge is 0.374 e. The van der Waals surface area contributed by atoms with E-state index in [-0.39, 0.29) is 24.3 Å². The van der Waals surface area contributed by atoms with E-state index in [1.807, 2.05) is 32.9 Å². The second kappa shape index (κ2) is 7.63. The Labute approximate surface area is 137 Å². The predicted molar refractivity (Wildman–Crippen MR) is 91.0 cm³/mol. The van der Waals surface area contributed by atoms with Crippen molar-refractivity contribution in [2.75, 3.05) is 17.2 Å². The summed E-state index contributed by atoms with van der Waals surface area (Å²) in [6.45, 7) is 8.83. The standard InChI is InChI=1S/C17H24N4O2/c1-11(2)17(5,10-18)21-16(23)9-19-15-8-12(3)6-7-14(15)20-13(4)22/h6-8,11,19H,9H2,1-5H3,(H,20,22)(H,21,23)/t17-/m0/s1. The number of nitrogens with one attached hydrogen (secondary N) is 3. The van der Waals surface area contributed by atoms with Gasteiger partial charge in [0.1, 0.15) is 5.54 Å². The molecule has 0 saturated heterocycles. The number of amides is 2. The Morgan fingerprint density at radius 3 is 2.48 bits per heavy atom. The lowest BCUT2D eigenvalue weighted by Gasteiger charge is -2.27. The van der Waals surface area contributed by atoms with Crippen LogP contribution < -0.4 is 16.0 Å². The second-order valence-corrected chi connectivity index (χ2v) is 6.10. The molecule has 0 bridgehead atoms. The number of aryl methyl sites for hydroxylation is 1. The van der Waals surface area contributed by atoms with E-state index in [1.165, 1.54) is 6.92 Å². The van der Waals surface area contributed by atoms with Crippen LogP contribution in [0.3, 0.4) is 0 Å². The van der Waals surface area contributed by atoms with Gasteiger partial charge in [0, 0.05) is 6.92 Å². The smallest absolute Gasteiger partial charge is 0.240 e. The predicted octanol–water partition coefficient (Wildman–Crippen LogP) is 2.42. The topological polar surface area (TPSA) is 94.0 Å². The first-order valence-electron chi connectivity index (χ1n) is 7.52. The Morgan fingerprint density at radius 2 is 1.96 bits per heavy atom. The van der Waals surface area contributed by atoms with Gasteiger partial charge < -0.3 is 16.0 Å². The molecule has 0 radical (unpaired) electrons. The summed E-state index contributed by atoms with van der Waals surface area (Å²) in [6, 6.07) is 7.65. The van der Waals surface area contributed by atoms with Crippen LogP contribution in [0.4, 0.5) is 11.4 Å². The molecule has 2 amide bonds. The first-order valence-corrected chi connectivity index (χ1v) is 7.52. The molecule has 1 atom stereocenters. The van der Waals surface area contributed by atoms with Crippen molar-refractivity contribution < 1.29 is 9.59 Å². The van der Waals surface area contributed by atoms with E-state index in [9.17, 15) is 14.9 Å². The van der Waals surface area contributed by atoms with Crippen molar-refractivity contribution in [2.45, 2.75) is 40.2 Å². The Hall–Kier alpha value is -2.55. The number of carbonyl (C=O) groups excluding carboxylic acids is 2. The van der Waals surface area contributed by atoms with Gasteiger partial charge in [-0.15, -0.1) is 0 Å². The summed E-state index contributed by atoms with van der Waals surface area (Å²) < 4.78 is 0. The van der Waals surface area contributed by atoms with Crippen molar-refractivity contribution in [1.29, 1.82) is 5.26 Å². The summed E-state index contributed by atoms with van der Waals surface area (Å²) in [7, 11) is 0. The van der Waals surface area contributed by atoms with Gasteiger partial charge in [0.05, 0.1) is 24.0 Å². The number of nitriles is 1. The summed E-state index contributed by atoms with van der Waals surface area (Å²) in [5.74, 6) is -0.471. The number of hydrogen-bond donors (Lipinski definition) is 3. The summed E-state index contributed by atoms with van der Waals surface area (Å²) in [5, 5.41) is 17.7. The first kappa shape index (κ1) is 18.5. The van der Waals surface area contributed by atoms with Crippen molar-refractivity contribution in [2.24, 2.45) is 5.92 Å². The number of carbonyl (C=O) groups is 2. The van der Waals surface area contributed by atoms with Gasteiger partial charge in [-0.05, 0) is 37.5 Å². The maximum absolute atomic E-state index is 12.1.